The first-order valence-electron chi connectivity index (χ1n) is 13.6. The highest BCUT2D eigenvalue weighted by Gasteiger charge is 2.40. The van der Waals surface area contributed by atoms with Gasteiger partial charge in [-0.1, -0.05) is 0 Å². The molecule has 4 N–H and O–H groups in total. The summed E-state index contributed by atoms with van der Waals surface area (Å²) in [5.41, 5.74) is 7.99. The van der Waals surface area contributed by atoms with E-state index in [0.29, 0.717) is 30.1 Å². The Kier molecular flexibility index (Phi) is 6.94. The molecule has 8 nitrogen and oxygen atoms in total. The number of amides is 1. The van der Waals surface area contributed by atoms with Crippen LogP contribution in [0.3, 0.4) is 0 Å². The Labute approximate surface area is 217 Å². The normalized spacial score (nSPS) is 23.0. The molecule has 0 aliphatic heterocycles. The van der Waals surface area contributed by atoms with Crippen LogP contribution in [0, 0.1) is 11.8 Å². The molecule has 0 aromatic carbocycles. The number of fused-ring (bicyclic) bond motifs is 1. The van der Waals surface area contributed by atoms with Crippen LogP contribution >= 0.6 is 0 Å². The summed E-state index contributed by atoms with van der Waals surface area (Å²) >= 11 is 0. The second kappa shape index (κ2) is 9.76. The molecular formula is C27H40F2N6O2. The first kappa shape index (κ1) is 26.3. The number of halogens is 2. The molecule has 3 aliphatic rings. The van der Waals surface area contributed by atoms with Gasteiger partial charge in [-0.05, 0) is 95.7 Å². The third kappa shape index (κ3) is 6.76. The van der Waals surface area contributed by atoms with Gasteiger partial charge in [-0.3, -0.25) is 0 Å². The summed E-state index contributed by atoms with van der Waals surface area (Å²) in [6.45, 7) is 6.25. The third-order valence-corrected chi connectivity index (χ3v) is 7.92. The monoisotopic (exact) mass is 518 g/mol. The lowest BCUT2D eigenvalue weighted by atomic mass is 9.81. The van der Waals surface area contributed by atoms with Crippen LogP contribution in [0.4, 0.5) is 13.6 Å². The molecule has 2 aromatic heterocycles. The van der Waals surface area contributed by atoms with E-state index in [1.54, 1.807) is 31.5 Å². The molecule has 0 unspecified atom stereocenters. The van der Waals surface area contributed by atoms with Crippen LogP contribution in [0.5, 0.6) is 0 Å². The standard InChI is InChI=1S/C27H40F2N6O2/c1-25(2,3)37-24(36)34-23(18-6-8-27(28,29)9-7-18)20-16-35-21(33-20)14-19(15-32-35)22(17-4-5-17)31-13-12-26(30)10-11-26/h14-18,22-23,31H,4-13,30H2,1-3H3,(H,34,36)/t22-,23+/m1/s1. The van der Waals surface area contributed by atoms with Crippen LogP contribution in [0.2, 0.25) is 0 Å². The smallest absolute Gasteiger partial charge is 0.408 e. The van der Waals surface area contributed by atoms with Crippen molar-refractivity contribution in [2.24, 2.45) is 17.6 Å². The number of alkyl halides is 2. The van der Waals surface area contributed by atoms with Gasteiger partial charge in [0.1, 0.15) is 5.60 Å². The number of hydrogen-bond donors (Lipinski definition) is 3. The quantitative estimate of drug-likeness (QED) is 0.429. The summed E-state index contributed by atoms with van der Waals surface area (Å²) in [6.07, 6.45) is 8.85. The van der Waals surface area contributed by atoms with E-state index in [2.05, 4.69) is 15.7 Å². The molecule has 204 valence electrons. The number of carbonyl (C=O) groups excluding carboxylic acids is 1. The molecule has 0 spiro atoms. The number of nitrogens with one attached hydrogen (secondary N) is 2. The molecule has 0 saturated heterocycles. The number of imidazole rings is 1. The molecule has 10 heteroatoms. The zero-order valence-electron chi connectivity index (χ0n) is 22.1. The van der Waals surface area contributed by atoms with Crippen molar-refractivity contribution in [1.29, 1.82) is 0 Å². The minimum atomic E-state index is -2.66. The fourth-order valence-corrected chi connectivity index (χ4v) is 5.37. The Balaban J connectivity index is 1.36. The molecule has 3 aliphatic carbocycles. The maximum absolute atomic E-state index is 13.9. The van der Waals surface area contributed by atoms with E-state index in [1.165, 1.54) is 12.8 Å². The number of rotatable bonds is 9. The van der Waals surface area contributed by atoms with Crippen molar-refractivity contribution in [2.75, 3.05) is 6.54 Å². The molecule has 1 amide bonds. The van der Waals surface area contributed by atoms with Gasteiger partial charge in [0, 0.05) is 24.4 Å². The minimum Gasteiger partial charge on any atom is -0.444 e. The minimum absolute atomic E-state index is 0.0144. The highest BCUT2D eigenvalue weighted by atomic mass is 19.3. The van der Waals surface area contributed by atoms with Gasteiger partial charge in [0.2, 0.25) is 5.92 Å². The molecule has 37 heavy (non-hydrogen) atoms. The maximum atomic E-state index is 13.9. The first-order valence-corrected chi connectivity index (χ1v) is 13.6. The van der Waals surface area contributed by atoms with E-state index in [-0.39, 0.29) is 30.3 Å². The van der Waals surface area contributed by atoms with Gasteiger partial charge in [0.05, 0.1) is 24.1 Å². The molecule has 2 aromatic rings. The Bertz CT molecular complexity index is 1110. The number of nitrogens with zero attached hydrogens (tertiary/aromatic N) is 3. The van der Waals surface area contributed by atoms with Crippen molar-refractivity contribution in [1.82, 2.24) is 25.2 Å². The SMILES string of the molecule is CC(C)(C)OC(=O)N[C@H](c1cn2ncc([C@H](NCCC3(N)CC3)C3CC3)cc2n1)C1CCC(F)(F)CC1. The van der Waals surface area contributed by atoms with E-state index in [1.807, 2.05) is 12.3 Å². The summed E-state index contributed by atoms with van der Waals surface area (Å²) in [6, 6.07) is 1.71. The number of ether oxygens (including phenoxy) is 1. The Morgan fingerprint density at radius 2 is 1.84 bits per heavy atom. The number of hydrogen-bond acceptors (Lipinski definition) is 6. The Morgan fingerprint density at radius 3 is 2.46 bits per heavy atom. The van der Waals surface area contributed by atoms with Crippen LogP contribution < -0.4 is 16.4 Å². The largest absolute Gasteiger partial charge is 0.444 e. The zero-order valence-corrected chi connectivity index (χ0v) is 22.1. The first-order chi connectivity index (χ1) is 17.4. The maximum Gasteiger partial charge on any atom is 0.408 e. The van der Waals surface area contributed by atoms with Crippen LogP contribution in [-0.4, -0.2) is 44.3 Å². The average Bonchev–Trinajstić information content (AvgIpc) is 3.72. The topological polar surface area (TPSA) is 107 Å². The van der Waals surface area contributed by atoms with Crippen LogP contribution in [-0.2, 0) is 4.74 Å². The summed E-state index contributed by atoms with van der Waals surface area (Å²) in [5.74, 6) is -2.24. The molecule has 2 heterocycles. The summed E-state index contributed by atoms with van der Waals surface area (Å²) < 4.78 is 35.0. The van der Waals surface area contributed by atoms with Crippen LogP contribution in [0.25, 0.3) is 5.65 Å². The van der Waals surface area contributed by atoms with Crippen molar-refractivity contribution < 1.29 is 18.3 Å². The number of nitrogens with two attached hydrogens (primary N) is 1. The molecule has 3 fully saturated rings. The van der Waals surface area contributed by atoms with Gasteiger partial charge >= 0.3 is 6.09 Å². The second-order valence-corrected chi connectivity index (χ2v) is 12.5. The highest BCUT2D eigenvalue weighted by Crippen LogP contribution is 2.43. The fourth-order valence-electron chi connectivity index (χ4n) is 5.37. The van der Waals surface area contributed by atoms with Gasteiger partial charge in [-0.15, -0.1) is 0 Å². The van der Waals surface area contributed by atoms with Crippen LogP contribution in [0.15, 0.2) is 18.5 Å². The van der Waals surface area contributed by atoms with E-state index < -0.39 is 23.7 Å². The number of aromatic nitrogens is 3. The van der Waals surface area contributed by atoms with Gasteiger partial charge in [-0.25, -0.2) is 23.1 Å². The van der Waals surface area contributed by atoms with E-state index >= 15 is 0 Å². The predicted octanol–water partition coefficient (Wildman–Crippen LogP) is 5.04. The number of alkyl carbamates (subject to hydrolysis) is 1. The molecule has 0 radical (unpaired) electrons. The molecular weight excluding hydrogens is 478 g/mol. The molecule has 2 atom stereocenters. The lowest BCUT2D eigenvalue weighted by Crippen LogP contribution is -2.40. The van der Waals surface area contributed by atoms with Crippen molar-refractivity contribution in [3.8, 4) is 0 Å². The van der Waals surface area contributed by atoms with E-state index in [0.717, 1.165) is 31.4 Å². The molecule has 3 saturated carbocycles. The van der Waals surface area contributed by atoms with E-state index in [4.69, 9.17) is 15.5 Å². The summed E-state index contributed by atoms with van der Waals surface area (Å²) in [4.78, 5) is 17.5. The molecule has 0 bridgehead atoms. The van der Waals surface area contributed by atoms with Crippen molar-refractivity contribution in [2.45, 2.75) is 108 Å². The summed E-state index contributed by atoms with van der Waals surface area (Å²) in [7, 11) is 0. The van der Waals surface area contributed by atoms with Crippen molar-refractivity contribution in [3.05, 3.63) is 29.7 Å². The van der Waals surface area contributed by atoms with Crippen molar-refractivity contribution >= 4 is 11.7 Å². The van der Waals surface area contributed by atoms with Crippen molar-refractivity contribution in [3.63, 3.8) is 0 Å². The summed E-state index contributed by atoms with van der Waals surface area (Å²) in [5, 5.41) is 11.2. The second-order valence-electron chi connectivity index (χ2n) is 12.5. The Morgan fingerprint density at radius 1 is 1.16 bits per heavy atom. The highest BCUT2D eigenvalue weighted by molar-refractivity contribution is 5.68. The number of carbonyl (C=O) groups is 1. The van der Waals surface area contributed by atoms with Gasteiger partial charge in [0.15, 0.2) is 5.65 Å². The Hall–Kier alpha value is -2.33. The van der Waals surface area contributed by atoms with Gasteiger partial charge in [0.25, 0.3) is 0 Å². The fraction of sp³-hybridized carbons (Fsp3) is 0.741. The van der Waals surface area contributed by atoms with Gasteiger partial charge in [-0.2, -0.15) is 5.10 Å². The van der Waals surface area contributed by atoms with Crippen LogP contribution in [0.1, 0.15) is 102 Å². The average molecular weight is 519 g/mol. The van der Waals surface area contributed by atoms with E-state index in [9.17, 15) is 13.6 Å². The predicted molar refractivity (Wildman–Crippen MR) is 136 cm³/mol. The molecule has 5 rings (SSSR count). The third-order valence-electron chi connectivity index (χ3n) is 7.92. The van der Waals surface area contributed by atoms with Gasteiger partial charge < -0.3 is 21.1 Å². The lowest BCUT2D eigenvalue weighted by Gasteiger charge is -2.33. The lowest BCUT2D eigenvalue weighted by molar-refractivity contribution is -0.0500. The zero-order chi connectivity index (χ0) is 26.4.